The van der Waals surface area contributed by atoms with E-state index >= 15 is 0 Å². The lowest BCUT2D eigenvalue weighted by Gasteiger charge is -2.11. The number of fused-ring (bicyclic) bond motifs is 1. The lowest BCUT2D eigenvalue weighted by molar-refractivity contribution is 0.0967. The van der Waals surface area contributed by atoms with Gasteiger partial charge in [0.05, 0.1) is 41.0 Å². The molecule has 0 radical (unpaired) electrons. The van der Waals surface area contributed by atoms with E-state index in [1.54, 1.807) is 60.7 Å². The molecule has 0 unspecified atom stereocenters. The summed E-state index contributed by atoms with van der Waals surface area (Å²) in [5, 5.41) is 3.75. The van der Waals surface area contributed by atoms with Crippen LogP contribution in [-0.2, 0) is 0 Å². The minimum atomic E-state index is -0.522. The number of para-hydroxylation sites is 1. The van der Waals surface area contributed by atoms with E-state index in [1.807, 2.05) is 0 Å². The van der Waals surface area contributed by atoms with E-state index in [2.05, 4.69) is 5.32 Å². The summed E-state index contributed by atoms with van der Waals surface area (Å²) in [6, 6.07) is 16.6. The first-order chi connectivity index (χ1) is 15.9. The zero-order valence-corrected chi connectivity index (χ0v) is 19.2. The van der Waals surface area contributed by atoms with E-state index in [0.717, 1.165) is 0 Å². The SMILES string of the molecule is COc1ccc(C(=O)n2c(N)c(C(=O)Nc3cccc(Cl)c3Cl)c3ccccc32)cc1OC. The van der Waals surface area contributed by atoms with Gasteiger partial charge in [0.2, 0.25) is 0 Å². The Morgan fingerprint density at radius 1 is 0.939 bits per heavy atom. The molecule has 1 amide bonds. The number of carbonyl (C=O) groups is 2. The molecule has 0 aliphatic carbocycles. The highest BCUT2D eigenvalue weighted by atomic mass is 35.5. The Labute approximate surface area is 199 Å². The molecular formula is C24H19Cl2N3O4. The van der Waals surface area contributed by atoms with Gasteiger partial charge < -0.3 is 20.5 Å². The van der Waals surface area contributed by atoms with Crippen molar-refractivity contribution in [3.8, 4) is 11.5 Å². The minimum Gasteiger partial charge on any atom is -0.493 e. The van der Waals surface area contributed by atoms with Gasteiger partial charge in [0.25, 0.3) is 11.8 Å². The van der Waals surface area contributed by atoms with Crippen molar-refractivity contribution in [1.29, 1.82) is 0 Å². The van der Waals surface area contributed by atoms with Gasteiger partial charge in [-0.15, -0.1) is 0 Å². The van der Waals surface area contributed by atoms with Crippen molar-refractivity contribution in [2.24, 2.45) is 0 Å². The average molecular weight is 484 g/mol. The second-order valence-electron chi connectivity index (χ2n) is 7.04. The first-order valence-electron chi connectivity index (χ1n) is 9.78. The summed E-state index contributed by atoms with van der Waals surface area (Å²) >= 11 is 12.3. The van der Waals surface area contributed by atoms with Crippen LogP contribution in [0.3, 0.4) is 0 Å². The Bertz CT molecular complexity index is 1400. The molecule has 7 nitrogen and oxygen atoms in total. The normalized spacial score (nSPS) is 10.8. The lowest BCUT2D eigenvalue weighted by Crippen LogP contribution is -2.18. The standard InChI is InChI=1S/C24H19Cl2N3O4/c1-32-18-11-10-13(12-19(18)33-2)24(31)29-17-9-4-3-6-14(17)20(22(29)27)23(30)28-16-8-5-7-15(25)21(16)26/h3-12H,27H2,1-2H3,(H,28,30). The Hall–Kier alpha value is -3.68. The fraction of sp³-hybridized carbons (Fsp3) is 0.0833. The highest BCUT2D eigenvalue weighted by Gasteiger charge is 2.25. The summed E-state index contributed by atoms with van der Waals surface area (Å²) in [7, 11) is 2.99. The number of nitrogens with one attached hydrogen (secondary N) is 1. The number of nitrogens with zero attached hydrogens (tertiary/aromatic N) is 1. The van der Waals surface area contributed by atoms with Crippen LogP contribution in [0, 0.1) is 0 Å². The average Bonchev–Trinajstić information content (AvgIpc) is 3.12. The van der Waals surface area contributed by atoms with Crippen molar-refractivity contribution >= 4 is 57.4 Å². The van der Waals surface area contributed by atoms with Crippen molar-refractivity contribution in [1.82, 2.24) is 4.57 Å². The summed E-state index contributed by atoms with van der Waals surface area (Å²) in [6.45, 7) is 0. The zero-order chi connectivity index (χ0) is 23.7. The summed E-state index contributed by atoms with van der Waals surface area (Å²) in [6.07, 6.45) is 0. The van der Waals surface area contributed by atoms with Gasteiger partial charge in [0.1, 0.15) is 5.82 Å². The summed E-state index contributed by atoms with van der Waals surface area (Å²) in [5.74, 6) is -0.0762. The first-order valence-corrected chi connectivity index (χ1v) is 10.5. The number of methoxy groups -OCH3 is 2. The molecular weight excluding hydrogens is 465 g/mol. The number of hydrogen-bond acceptors (Lipinski definition) is 5. The van der Waals surface area contributed by atoms with E-state index < -0.39 is 11.8 Å². The Morgan fingerprint density at radius 3 is 2.39 bits per heavy atom. The van der Waals surface area contributed by atoms with Crippen LogP contribution < -0.4 is 20.5 Å². The van der Waals surface area contributed by atoms with E-state index in [9.17, 15) is 9.59 Å². The maximum atomic E-state index is 13.5. The van der Waals surface area contributed by atoms with Gasteiger partial charge in [-0.05, 0) is 36.4 Å². The van der Waals surface area contributed by atoms with Crippen LogP contribution in [0.1, 0.15) is 20.7 Å². The number of nitrogens with two attached hydrogens (primary N) is 1. The number of amides is 1. The largest absolute Gasteiger partial charge is 0.493 e. The van der Waals surface area contributed by atoms with Crippen molar-refractivity contribution < 1.29 is 19.1 Å². The second-order valence-corrected chi connectivity index (χ2v) is 7.83. The molecule has 1 aromatic heterocycles. The maximum Gasteiger partial charge on any atom is 0.264 e. The molecule has 9 heteroatoms. The molecule has 4 rings (SSSR count). The monoisotopic (exact) mass is 483 g/mol. The number of anilines is 2. The number of ether oxygens (including phenoxy) is 2. The van der Waals surface area contributed by atoms with E-state index in [4.69, 9.17) is 38.4 Å². The molecule has 0 bridgehead atoms. The molecule has 3 aromatic carbocycles. The fourth-order valence-corrected chi connectivity index (χ4v) is 3.95. The molecule has 0 aliphatic rings. The number of hydrogen-bond donors (Lipinski definition) is 2. The second kappa shape index (κ2) is 9.05. The highest BCUT2D eigenvalue weighted by Crippen LogP contribution is 2.34. The molecule has 4 aromatic rings. The first kappa shape index (κ1) is 22.5. The van der Waals surface area contributed by atoms with Gasteiger partial charge >= 0.3 is 0 Å². The van der Waals surface area contributed by atoms with Gasteiger partial charge in [-0.1, -0.05) is 47.5 Å². The van der Waals surface area contributed by atoms with E-state index in [-0.39, 0.29) is 16.4 Å². The van der Waals surface area contributed by atoms with Gasteiger partial charge in [0.15, 0.2) is 11.5 Å². The molecule has 33 heavy (non-hydrogen) atoms. The smallest absolute Gasteiger partial charge is 0.264 e. The molecule has 1 heterocycles. The van der Waals surface area contributed by atoms with Crippen molar-refractivity contribution in [2.45, 2.75) is 0 Å². The van der Waals surface area contributed by atoms with Crippen LogP contribution >= 0.6 is 23.2 Å². The molecule has 0 saturated heterocycles. The van der Waals surface area contributed by atoms with Crippen molar-refractivity contribution in [3.05, 3.63) is 81.8 Å². The number of rotatable bonds is 5. The van der Waals surface area contributed by atoms with Gasteiger partial charge in [-0.2, -0.15) is 0 Å². The van der Waals surface area contributed by atoms with Crippen LogP contribution in [0.4, 0.5) is 11.5 Å². The van der Waals surface area contributed by atoms with E-state index in [1.165, 1.54) is 18.8 Å². The fourth-order valence-electron chi connectivity index (χ4n) is 3.60. The number of benzene rings is 3. The van der Waals surface area contributed by atoms with Crippen LogP contribution in [0.15, 0.2) is 60.7 Å². The Morgan fingerprint density at radius 2 is 1.67 bits per heavy atom. The number of halogens is 2. The van der Waals surface area contributed by atoms with Crippen LogP contribution in [0.25, 0.3) is 10.9 Å². The number of aromatic nitrogens is 1. The van der Waals surface area contributed by atoms with E-state index in [0.29, 0.717) is 38.7 Å². The molecule has 0 aliphatic heterocycles. The Balaban J connectivity index is 1.82. The Kier molecular flexibility index (Phi) is 6.18. The summed E-state index contributed by atoms with van der Waals surface area (Å²) in [4.78, 5) is 26.7. The minimum absolute atomic E-state index is 0.00774. The van der Waals surface area contributed by atoms with Crippen LogP contribution in [0.2, 0.25) is 10.0 Å². The van der Waals surface area contributed by atoms with Crippen molar-refractivity contribution in [2.75, 3.05) is 25.3 Å². The third-order valence-electron chi connectivity index (χ3n) is 5.17. The zero-order valence-electron chi connectivity index (χ0n) is 17.7. The molecule has 0 fully saturated rings. The van der Waals surface area contributed by atoms with Gasteiger partial charge in [-0.3, -0.25) is 14.2 Å². The maximum absolute atomic E-state index is 13.5. The van der Waals surface area contributed by atoms with Crippen LogP contribution in [0.5, 0.6) is 11.5 Å². The third kappa shape index (κ3) is 3.97. The topological polar surface area (TPSA) is 95.6 Å². The summed E-state index contributed by atoms with van der Waals surface area (Å²) in [5.41, 5.74) is 7.64. The summed E-state index contributed by atoms with van der Waals surface area (Å²) < 4.78 is 11.8. The number of carbonyl (C=O) groups excluding carboxylic acids is 2. The van der Waals surface area contributed by atoms with Crippen molar-refractivity contribution in [3.63, 3.8) is 0 Å². The predicted octanol–water partition coefficient (Wildman–Crippen LogP) is 5.49. The van der Waals surface area contributed by atoms with Crippen LogP contribution in [-0.4, -0.2) is 30.6 Å². The quantitative estimate of drug-likeness (QED) is 0.391. The third-order valence-corrected chi connectivity index (χ3v) is 5.99. The molecule has 0 atom stereocenters. The molecule has 0 saturated carbocycles. The molecule has 168 valence electrons. The molecule has 3 N–H and O–H groups in total. The molecule has 0 spiro atoms. The number of nitrogen functional groups attached to an aromatic ring is 1. The van der Waals surface area contributed by atoms with Gasteiger partial charge in [0, 0.05) is 10.9 Å². The predicted molar refractivity (Wildman–Crippen MR) is 130 cm³/mol. The van der Waals surface area contributed by atoms with Gasteiger partial charge in [-0.25, -0.2) is 0 Å². The highest BCUT2D eigenvalue weighted by molar-refractivity contribution is 6.44. The lowest BCUT2D eigenvalue weighted by atomic mass is 10.1.